The van der Waals surface area contributed by atoms with Gasteiger partial charge in [-0.15, -0.1) is 10.2 Å². The van der Waals surface area contributed by atoms with Gasteiger partial charge in [0.25, 0.3) is 0 Å². The maximum absolute atomic E-state index is 11.9. The van der Waals surface area contributed by atoms with Crippen LogP contribution in [0.15, 0.2) is 29.5 Å². The summed E-state index contributed by atoms with van der Waals surface area (Å²) in [5.41, 5.74) is 0.401. The molecule has 0 radical (unpaired) electrons. The molecule has 2 aromatic rings. The number of nitrogens with one attached hydrogen (secondary N) is 2. The monoisotopic (exact) mass is 276 g/mol. The van der Waals surface area contributed by atoms with Crippen LogP contribution >= 0.6 is 0 Å². The van der Waals surface area contributed by atoms with Gasteiger partial charge in [-0.2, -0.15) is 0 Å². The van der Waals surface area contributed by atoms with E-state index < -0.39 is 0 Å². The highest BCUT2D eigenvalue weighted by Crippen LogP contribution is 2.08. The highest BCUT2D eigenvalue weighted by atomic mass is 16.2. The van der Waals surface area contributed by atoms with Gasteiger partial charge in [0.1, 0.15) is 6.33 Å². The zero-order valence-electron chi connectivity index (χ0n) is 11.5. The number of carbonyl (C=O) groups excluding carboxylic acids is 1. The zero-order valence-corrected chi connectivity index (χ0v) is 11.5. The smallest absolute Gasteiger partial charge is 0.319 e. The molecule has 20 heavy (non-hydrogen) atoms. The maximum Gasteiger partial charge on any atom is 0.319 e. The standard InChI is InChI=1S/C12H16N6O2/c1-8(11-16-13-7-18(11)3)14-12(20)15-9-4-5-10(19)17(2)6-9/h4-8H,1-3H3,(H2,14,15,20). The summed E-state index contributed by atoms with van der Waals surface area (Å²) < 4.78 is 3.12. The van der Waals surface area contributed by atoms with E-state index in [1.165, 1.54) is 10.6 Å². The van der Waals surface area contributed by atoms with E-state index in [-0.39, 0.29) is 17.6 Å². The van der Waals surface area contributed by atoms with E-state index in [1.54, 1.807) is 37.3 Å². The largest absolute Gasteiger partial charge is 0.328 e. The molecular weight excluding hydrogens is 260 g/mol. The van der Waals surface area contributed by atoms with Crippen LogP contribution in [0.1, 0.15) is 18.8 Å². The van der Waals surface area contributed by atoms with Crippen molar-refractivity contribution in [1.82, 2.24) is 24.6 Å². The van der Waals surface area contributed by atoms with Gasteiger partial charge in [-0.25, -0.2) is 4.79 Å². The second-order valence-corrected chi connectivity index (χ2v) is 4.49. The van der Waals surface area contributed by atoms with E-state index >= 15 is 0 Å². The summed E-state index contributed by atoms with van der Waals surface area (Å²) in [5, 5.41) is 13.1. The van der Waals surface area contributed by atoms with Crippen LogP contribution in [0.5, 0.6) is 0 Å². The molecule has 1 atom stereocenters. The van der Waals surface area contributed by atoms with Crippen molar-refractivity contribution in [3.63, 3.8) is 0 Å². The average Bonchev–Trinajstić information content (AvgIpc) is 2.80. The minimum Gasteiger partial charge on any atom is -0.328 e. The Morgan fingerprint density at radius 3 is 2.65 bits per heavy atom. The molecule has 2 N–H and O–H groups in total. The number of amides is 2. The SMILES string of the molecule is CC(NC(=O)Nc1ccc(=O)n(C)c1)c1nncn1C. The molecular formula is C12H16N6O2. The minimum absolute atomic E-state index is 0.136. The van der Waals surface area contributed by atoms with Crippen molar-refractivity contribution in [2.75, 3.05) is 5.32 Å². The van der Waals surface area contributed by atoms with Crippen molar-refractivity contribution in [2.24, 2.45) is 14.1 Å². The second kappa shape index (κ2) is 5.55. The molecule has 0 aromatic carbocycles. The number of aryl methyl sites for hydroxylation is 2. The minimum atomic E-state index is -0.376. The third kappa shape index (κ3) is 3.02. The number of anilines is 1. The summed E-state index contributed by atoms with van der Waals surface area (Å²) in [6, 6.07) is 2.28. The van der Waals surface area contributed by atoms with Crippen LogP contribution in [0, 0.1) is 0 Å². The topological polar surface area (TPSA) is 93.8 Å². The first-order valence-electron chi connectivity index (χ1n) is 6.05. The van der Waals surface area contributed by atoms with Crippen molar-refractivity contribution in [3.05, 3.63) is 40.8 Å². The molecule has 8 heteroatoms. The van der Waals surface area contributed by atoms with Gasteiger partial charge in [-0.1, -0.05) is 0 Å². The Kier molecular flexibility index (Phi) is 3.83. The first-order chi connectivity index (χ1) is 9.47. The van der Waals surface area contributed by atoms with Crippen LogP contribution in [0.3, 0.4) is 0 Å². The predicted octanol–water partition coefficient (Wildman–Crippen LogP) is 0.396. The summed E-state index contributed by atoms with van der Waals surface area (Å²) in [7, 11) is 3.42. The van der Waals surface area contributed by atoms with E-state index in [9.17, 15) is 9.59 Å². The second-order valence-electron chi connectivity index (χ2n) is 4.49. The Bertz CT molecular complexity index is 675. The third-order valence-electron chi connectivity index (χ3n) is 2.83. The Labute approximate surface area is 115 Å². The number of carbonyl (C=O) groups is 1. The first-order valence-corrected chi connectivity index (χ1v) is 6.05. The van der Waals surface area contributed by atoms with Gasteiger partial charge in [0.15, 0.2) is 5.82 Å². The molecule has 0 aliphatic carbocycles. The van der Waals surface area contributed by atoms with Gasteiger partial charge in [-0.3, -0.25) is 4.79 Å². The van der Waals surface area contributed by atoms with E-state index in [0.29, 0.717) is 11.5 Å². The van der Waals surface area contributed by atoms with Crippen molar-refractivity contribution in [1.29, 1.82) is 0 Å². The maximum atomic E-state index is 11.9. The van der Waals surface area contributed by atoms with Crippen LogP contribution in [-0.4, -0.2) is 25.4 Å². The highest BCUT2D eigenvalue weighted by molar-refractivity contribution is 5.89. The summed E-state index contributed by atoms with van der Waals surface area (Å²) >= 11 is 0. The molecule has 0 aliphatic heterocycles. The van der Waals surface area contributed by atoms with Crippen molar-refractivity contribution < 1.29 is 4.79 Å². The molecule has 0 bridgehead atoms. The summed E-state index contributed by atoms with van der Waals surface area (Å²) in [6.45, 7) is 1.81. The Morgan fingerprint density at radius 2 is 2.05 bits per heavy atom. The number of rotatable bonds is 3. The molecule has 2 rings (SSSR count). The molecule has 0 spiro atoms. The van der Waals surface area contributed by atoms with Gasteiger partial charge in [-0.05, 0) is 13.0 Å². The highest BCUT2D eigenvalue weighted by Gasteiger charge is 2.14. The third-order valence-corrected chi connectivity index (χ3v) is 2.83. The zero-order chi connectivity index (χ0) is 14.7. The van der Waals surface area contributed by atoms with Crippen molar-refractivity contribution in [2.45, 2.75) is 13.0 Å². The predicted molar refractivity (Wildman–Crippen MR) is 73.3 cm³/mol. The fourth-order valence-electron chi connectivity index (χ4n) is 1.78. The van der Waals surface area contributed by atoms with Gasteiger partial charge in [0.05, 0.1) is 11.7 Å². The Hall–Kier alpha value is -2.64. The van der Waals surface area contributed by atoms with E-state index in [0.717, 1.165) is 0 Å². The quantitative estimate of drug-likeness (QED) is 0.848. The molecule has 2 heterocycles. The number of urea groups is 1. The number of pyridine rings is 1. The number of nitrogens with zero attached hydrogens (tertiary/aromatic N) is 4. The van der Waals surface area contributed by atoms with Crippen LogP contribution in [0.4, 0.5) is 10.5 Å². The lowest BCUT2D eigenvalue weighted by atomic mass is 10.3. The van der Waals surface area contributed by atoms with Crippen LogP contribution in [0.25, 0.3) is 0 Å². The van der Waals surface area contributed by atoms with Crippen LogP contribution < -0.4 is 16.2 Å². The van der Waals surface area contributed by atoms with E-state index in [1.807, 2.05) is 6.92 Å². The van der Waals surface area contributed by atoms with Gasteiger partial charge in [0.2, 0.25) is 5.56 Å². The molecule has 0 saturated carbocycles. The van der Waals surface area contributed by atoms with Crippen LogP contribution in [-0.2, 0) is 14.1 Å². The van der Waals surface area contributed by atoms with Gasteiger partial charge in [0, 0.05) is 26.4 Å². The lowest BCUT2D eigenvalue weighted by Gasteiger charge is -2.14. The summed E-state index contributed by atoms with van der Waals surface area (Å²) in [4.78, 5) is 23.1. The normalized spacial score (nSPS) is 11.9. The van der Waals surface area contributed by atoms with Gasteiger partial charge < -0.3 is 19.8 Å². The van der Waals surface area contributed by atoms with E-state index in [4.69, 9.17) is 0 Å². The molecule has 1 unspecified atom stereocenters. The molecule has 2 amide bonds. The van der Waals surface area contributed by atoms with Crippen molar-refractivity contribution in [3.8, 4) is 0 Å². The lowest BCUT2D eigenvalue weighted by molar-refractivity contribution is 0.248. The van der Waals surface area contributed by atoms with Crippen molar-refractivity contribution >= 4 is 11.7 Å². The Balaban J connectivity index is 2.00. The average molecular weight is 276 g/mol. The summed E-state index contributed by atoms with van der Waals surface area (Å²) in [5.74, 6) is 0.653. The van der Waals surface area contributed by atoms with Crippen LogP contribution in [0.2, 0.25) is 0 Å². The Morgan fingerprint density at radius 1 is 1.30 bits per heavy atom. The van der Waals surface area contributed by atoms with E-state index in [2.05, 4.69) is 20.8 Å². The molecule has 2 aromatic heterocycles. The molecule has 0 fully saturated rings. The first kappa shape index (κ1) is 13.8. The summed E-state index contributed by atoms with van der Waals surface area (Å²) in [6.07, 6.45) is 3.12. The number of hydrogen-bond donors (Lipinski definition) is 2. The molecule has 0 aliphatic rings. The molecule has 106 valence electrons. The number of aromatic nitrogens is 4. The lowest BCUT2D eigenvalue weighted by Crippen LogP contribution is -2.32. The fourth-order valence-corrected chi connectivity index (χ4v) is 1.78. The molecule has 0 saturated heterocycles. The molecule has 8 nitrogen and oxygen atoms in total. The number of hydrogen-bond acceptors (Lipinski definition) is 4. The fraction of sp³-hybridized carbons (Fsp3) is 0.333. The van der Waals surface area contributed by atoms with Gasteiger partial charge >= 0.3 is 6.03 Å².